The van der Waals surface area contributed by atoms with Crippen molar-refractivity contribution in [3.63, 3.8) is 0 Å². The Morgan fingerprint density at radius 3 is 2.40 bits per heavy atom. The van der Waals surface area contributed by atoms with E-state index in [9.17, 15) is 35.6 Å². The predicted octanol–water partition coefficient (Wildman–Crippen LogP) is 4.89. The standard InChI is InChI=1S/C31H29F5N6O4S/c1-6-24(43)40-10-11-41(17(4)15-40)28-19-12-22(33)26(18-8-7-9-21(32)25(18)31(34,35)36)38-29(19)42(30(44)39-28)27-20(16(2)3)13-37-14-23(27)47(5,45)46/h6-9,12-14,16-17H,1,10-11,15H2,2-5H3/t17-/m0/s1. The van der Waals surface area contributed by atoms with E-state index in [-0.39, 0.29) is 48.0 Å². The highest BCUT2D eigenvalue weighted by Gasteiger charge is 2.39. The fourth-order valence-corrected chi connectivity index (χ4v) is 6.52. The quantitative estimate of drug-likeness (QED) is 0.209. The van der Waals surface area contributed by atoms with Crippen LogP contribution in [0.3, 0.4) is 0 Å². The second-order valence-corrected chi connectivity index (χ2v) is 13.4. The number of sulfone groups is 1. The van der Waals surface area contributed by atoms with Gasteiger partial charge in [0.05, 0.1) is 11.1 Å². The number of alkyl halides is 3. The van der Waals surface area contributed by atoms with Gasteiger partial charge in [0.25, 0.3) is 0 Å². The summed E-state index contributed by atoms with van der Waals surface area (Å²) in [6.07, 6.45) is -0.861. The Bertz CT molecular complexity index is 2100. The Morgan fingerprint density at radius 1 is 1.11 bits per heavy atom. The fraction of sp³-hybridized carbons (Fsp3) is 0.323. The molecular weight excluding hydrogens is 647 g/mol. The first-order valence-electron chi connectivity index (χ1n) is 14.3. The number of pyridine rings is 2. The first-order chi connectivity index (χ1) is 21.9. The molecule has 0 N–H and O–H groups in total. The Kier molecular flexibility index (Phi) is 8.68. The molecule has 1 fully saturated rings. The zero-order valence-electron chi connectivity index (χ0n) is 25.6. The highest BCUT2D eigenvalue weighted by Crippen LogP contribution is 2.41. The predicted molar refractivity (Wildman–Crippen MR) is 164 cm³/mol. The van der Waals surface area contributed by atoms with Crippen molar-refractivity contribution in [1.29, 1.82) is 0 Å². The van der Waals surface area contributed by atoms with Crippen LogP contribution in [-0.2, 0) is 20.8 Å². The molecule has 0 radical (unpaired) electrons. The normalized spacial score (nSPS) is 15.8. The van der Waals surface area contributed by atoms with Gasteiger partial charge in [0.2, 0.25) is 5.91 Å². The number of carbonyl (C=O) groups is 1. The lowest BCUT2D eigenvalue weighted by Crippen LogP contribution is -2.54. The highest BCUT2D eigenvalue weighted by molar-refractivity contribution is 7.90. The number of fused-ring (bicyclic) bond motifs is 1. The third-order valence-corrected chi connectivity index (χ3v) is 8.99. The largest absolute Gasteiger partial charge is 0.419 e. The maximum absolute atomic E-state index is 16.0. The van der Waals surface area contributed by atoms with Crippen molar-refractivity contribution in [2.24, 2.45) is 0 Å². The molecule has 4 aromatic rings. The molecule has 0 bridgehead atoms. The third-order valence-electron chi connectivity index (χ3n) is 7.90. The number of anilines is 1. The molecule has 3 aromatic heterocycles. The third kappa shape index (κ3) is 6.08. The molecule has 47 heavy (non-hydrogen) atoms. The first-order valence-corrected chi connectivity index (χ1v) is 16.2. The molecule has 10 nitrogen and oxygen atoms in total. The van der Waals surface area contributed by atoms with E-state index in [1.54, 1.807) is 25.7 Å². The summed E-state index contributed by atoms with van der Waals surface area (Å²) in [5, 5.41) is -0.142. The topological polar surface area (TPSA) is 118 Å². The fourth-order valence-electron chi connectivity index (χ4n) is 5.71. The van der Waals surface area contributed by atoms with E-state index in [0.717, 1.165) is 41.3 Å². The molecule has 1 amide bonds. The molecule has 0 spiro atoms. The van der Waals surface area contributed by atoms with Crippen LogP contribution >= 0.6 is 0 Å². The molecule has 1 aliphatic heterocycles. The van der Waals surface area contributed by atoms with Crippen molar-refractivity contribution in [3.8, 4) is 16.9 Å². The minimum atomic E-state index is -5.25. The van der Waals surface area contributed by atoms with Gasteiger partial charge < -0.3 is 9.80 Å². The molecule has 1 atom stereocenters. The van der Waals surface area contributed by atoms with Crippen molar-refractivity contribution in [2.75, 3.05) is 30.8 Å². The van der Waals surface area contributed by atoms with Gasteiger partial charge in [0.1, 0.15) is 33.6 Å². The van der Waals surface area contributed by atoms with Gasteiger partial charge in [-0.2, -0.15) is 18.2 Å². The molecule has 16 heteroatoms. The van der Waals surface area contributed by atoms with Gasteiger partial charge in [-0.1, -0.05) is 32.6 Å². The van der Waals surface area contributed by atoms with E-state index in [1.807, 2.05) is 0 Å². The van der Waals surface area contributed by atoms with Gasteiger partial charge in [-0.15, -0.1) is 0 Å². The van der Waals surface area contributed by atoms with E-state index >= 15 is 4.39 Å². The molecule has 1 aromatic carbocycles. The summed E-state index contributed by atoms with van der Waals surface area (Å²) >= 11 is 0. The van der Waals surface area contributed by atoms with Crippen molar-refractivity contribution in [2.45, 2.75) is 43.8 Å². The summed E-state index contributed by atoms with van der Waals surface area (Å²) in [5.74, 6) is -3.80. The summed E-state index contributed by atoms with van der Waals surface area (Å²) in [6.45, 7) is 9.09. The zero-order chi connectivity index (χ0) is 34.6. The van der Waals surface area contributed by atoms with Crippen molar-refractivity contribution in [3.05, 3.63) is 82.6 Å². The lowest BCUT2D eigenvalue weighted by Gasteiger charge is -2.40. The van der Waals surface area contributed by atoms with Crippen LogP contribution in [0, 0.1) is 11.6 Å². The van der Waals surface area contributed by atoms with Gasteiger partial charge in [0.15, 0.2) is 15.5 Å². The number of benzene rings is 1. The Morgan fingerprint density at radius 2 is 1.81 bits per heavy atom. The summed E-state index contributed by atoms with van der Waals surface area (Å²) in [7, 11) is -4.09. The van der Waals surface area contributed by atoms with Crippen LogP contribution in [0.2, 0.25) is 0 Å². The van der Waals surface area contributed by atoms with Gasteiger partial charge in [0, 0.05) is 49.9 Å². The van der Waals surface area contributed by atoms with Crippen LogP contribution in [0.4, 0.5) is 27.8 Å². The Hall–Kier alpha value is -4.73. The monoisotopic (exact) mass is 676 g/mol. The second-order valence-electron chi connectivity index (χ2n) is 11.4. The lowest BCUT2D eigenvalue weighted by atomic mass is 10.0. The number of nitrogens with zero attached hydrogens (tertiary/aromatic N) is 6. The Labute approximate surface area is 266 Å². The van der Waals surface area contributed by atoms with Crippen molar-refractivity contribution >= 4 is 32.6 Å². The number of rotatable bonds is 6. The van der Waals surface area contributed by atoms with Crippen LogP contribution in [0.1, 0.15) is 37.8 Å². The second kappa shape index (κ2) is 12.1. The molecule has 4 heterocycles. The molecule has 248 valence electrons. The maximum Gasteiger partial charge on any atom is 0.419 e. The SMILES string of the molecule is C=CC(=O)N1CCN(c2nc(=O)n(-c3c(C(C)C)cncc3S(C)(=O)=O)c3nc(-c4cccc(F)c4C(F)(F)F)c(F)cc23)[C@@H](C)C1. The summed E-state index contributed by atoms with van der Waals surface area (Å²) in [6, 6.07) is 2.74. The van der Waals surface area contributed by atoms with Gasteiger partial charge in [-0.05, 0) is 36.6 Å². The molecule has 1 aliphatic rings. The number of halogens is 5. The number of piperazine rings is 1. The molecule has 0 aliphatic carbocycles. The molecule has 0 saturated carbocycles. The van der Waals surface area contributed by atoms with Crippen LogP contribution in [0.15, 0.2) is 59.0 Å². The summed E-state index contributed by atoms with van der Waals surface area (Å²) in [5.41, 5.74) is -5.07. The molecule has 5 rings (SSSR count). The molecule has 1 saturated heterocycles. The highest BCUT2D eigenvalue weighted by atomic mass is 32.2. The maximum atomic E-state index is 16.0. The Balaban J connectivity index is 1.92. The number of carbonyl (C=O) groups excluding carboxylic acids is 1. The smallest absolute Gasteiger partial charge is 0.350 e. The average molecular weight is 677 g/mol. The van der Waals surface area contributed by atoms with E-state index in [4.69, 9.17) is 0 Å². The van der Waals surface area contributed by atoms with Gasteiger partial charge in [-0.3, -0.25) is 9.78 Å². The van der Waals surface area contributed by atoms with Gasteiger partial charge >= 0.3 is 11.9 Å². The van der Waals surface area contributed by atoms with Gasteiger partial charge in [-0.25, -0.2) is 31.5 Å². The lowest BCUT2D eigenvalue weighted by molar-refractivity contribution is -0.139. The van der Waals surface area contributed by atoms with Crippen molar-refractivity contribution < 1.29 is 35.2 Å². The minimum Gasteiger partial charge on any atom is -0.350 e. The molecule has 0 unspecified atom stereocenters. The average Bonchev–Trinajstić information content (AvgIpc) is 2.98. The van der Waals surface area contributed by atoms with Crippen LogP contribution in [0.25, 0.3) is 28.0 Å². The van der Waals surface area contributed by atoms with Crippen LogP contribution in [-0.4, -0.2) is 70.7 Å². The van der Waals surface area contributed by atoms with E-state index < -0.39 is 72.7 Å². The minimum absolute atomic E-state index is 0.0891. The van der Waals surface area contributed by atoms with E-state index in [1.165, 1.54) is 11.1 Å². The number of amides is 1. The van der Waals surface area contributed by atoms with E-state index in [2.05, 4.69) is 21.5 Å². The summed E-state index contributed by atoms with van der Waals surface area (Å²) < 4.78 is 99.6. The van der Waals surface area contributed by atoms with E-state index in [0.29, 0.717) is 6.07 Å². The number of hydrogen-bond acceptors (Lipinski definition) is 8. The number of hydrogen-bond donors (Lipinski definition) is 0. The molecular formula is C31H29F5N6O4S. The van der Waals surface area contributed by atoms with Crippen LogP contribution in [0.5, 0.6) is 0 Å². The van der Waals surface area contributed by atoms with Crippen molar-refractivity contribution in [1.82, 2.24) is 24.4 Å². The summed E-state index contributed by atoms with van der Waals surface area (Å²) in [4.78, 5) is 41.5. The van der Waals surface area contributed by atoms with Crippen LogP contribution < -0.4 is 10.6 Å². The zero-order valence-corrected chi connectivity index (χ0v) is 26.5. The number of aromatic nitrogens is 4. The first kappa shape index (κ1) is 33.6.